The van der Waals surface area contributed by atoms with Crippen LogP contribution in [0.5, 0.6) is 0 Å². The Morgan fingerprint density at radius 2 is 2.21 bits per heavy atom. The number of aliphatic carboxylic acids is 1. The van der Waals surface area contributed by atoms with E-state index in [9.17, 15) is 14.4 Å². The van der Waals surface area contributed by atoms with E-state index in [4.69, 9.17) is 9.84 Å². The van der Waals surface area contributed by atoms with Gasteiger partial charge in [0.25, 0.3) is 0 Å². The van der Waals surface area contributed by atoms with Crippen LogP contribution in [0, 0.1) is 0 Å². The molecule has 0 aromatic carbocycles. The van der Waals surface area contributed by atoms with Crippen LogP contribution in [-0.2, 0) is 19.1 Å². The minimum atomic E-state index is -1.13. The van der Waals surface area contributed by atoms with Crippen molar-refractivity contribution in [2.45, 2.75) is 25.5 Å². The minimum absolute atomic E-state index is 0.0772. The number of carbonyl (C=O) groups is 3. The molecule has 1 rings (SSSR count). The van der Waals surface area contributed by atoms with Crippen LogP contribution in [0.3, 0.4) is 0 Å². The van der Waals surface area contributed by atoms with Crippen LogP contribution in [0.2, 0.25) is 0 Å². The number of thioether (sulfide) groups is 1. The number of carboxylic acids is 1. The Morgan fingerprint density at radius 3 is 2.74 bits per heavy atom. The van der Waals surface area contributed by atoms with Gasteiger partial charge in [0.2, 0.25) is 11.8 Å². The summed E-state index contributed by atoms with van der Waals surface area (Å²) in [6, 6.07) is -0.524. The van der Waals surface area contributed by atoms with Crippen LogP contribution >= 0.6 is 11.8 Å². The molecule has 1 aliphatic heterocycles. The smallest absolute Gasteiger partial charge is 0.334 e. The maximum absolute atomic E-state index is 12.0. The summed E-state index contributed by atoms with van der Waals surface area (Å²) < 4.78 is 4.72. The van der Waals surface area contributed by atoms with Gasteiger partial charge in [-0.3, -0.25) is 9.59 Å². The van der Waals surface area contributed by atoms with Crippen molar-refractivity contribution in [1.29, 1.82) is 0 Å². The van der Waals surface area contributed by atoms with E-state index in [2.05, 4.69) is 5.32 Å². The van der Waals surface area contributed by atoms with Crippen LogP contribution in [0.1, 0.15) is 13.3 Å². The number of hydrogen-bond acceptors (Lipinski definition) is 5. The average Bonchev–Trinajstić information content (AvgIpc) is 2.87. The molecule has 7 nitrogen and oxygen atoms in total. The number of nitrogens with one attached hydrogen (secondary N) is 1. The number of carboxylic acid groups (broad SMARTS) is 1. The molecule has 8 heteroatoms. The predicted molar refractivity (Wildman–Crippen MR) is 69.7 cm³/mol. The second-order valence-corrected chi connectivity index (χ2v) is 5.04. The fraction of sp³-hybridized carbons (Fsp3) is 0.727. The Kier molecular flexibility index (Phi) is 6.10. The number of nitrogens with zero attached hydrogens (tertiary/aromatic N) is 1. The first-order valence-corrected chi connectivity index (χ1v) is 7.07. The lowest BCUT2D eigenvalue weighted by Gasteiger charge is -2.23. The summed E-state index contributed by atoms with van der Waals surface area (Å²) in [6.07, 6.45) is -0.728. The third kappa shape index (κ3) is 4.10. The highest BCUT2D eigenvalue weighted by atomic mass is 32.2. The van der Waals surface area contributed by atoms with Gasteiger partial charge in [0.1, 0.15) is 6.04 Å². The first-order valence-electron chi connectivity index (χ1n) is 5.91. The lowest BCUT2D eigenvalue weighted by molar-refractivity contribution is -0.148. The fourth-order valence-corrected chi connectivity index (χ4v) is 2.87. The van der Waals surface area contributed by atoms with E-state index < -0.39 is 18.1 Å². The van der Waals surface area contributed by atoms with E-state index in [1.165, 1.54) is 23.8 Å². The summed E-state index contributed by atoms with van der Waals surface area (Å²) in [5.41, 5.74) is 0. The maximum Gasteiger partial charge on any atom is 0.334 e. The molecule has 1 saturated heterocycles. The molecule has 1 aliphatic rings. The van der Waals surface area contributed by atoms with Gasteiger partial charge in [-0.05, 0) is 0 Å². The molecule has 19 heavy (non-hydrogen) atoms. The van der Waals surface area contributed by atoms with Gasteiger partial charge in [-0.25, -0.2) is 4.79 Å². The van der Waals surface area contributed by atoms with E-state index in [0.717, 1.165) is 0 Å². The summed E-state index contributed by atoms with van der Waals surface area (Å²) in [6.45, 7) is 1.63. The zero-order valence-electron chi connectivity index (χ0n) is 10.9. The zero-order chi connectivity index (χ0) is 14.4. The summed E-state index contributed by atoms with van der Waals surface area (Å²) in [5.74, 6) is -0.522. The molecule has 2 unspecified atom stereocenters. The van der Waals surface area contributed by atoms with Gasteiger partial charge in [-0.2, -0.15) is 0 Å². The van der Waals surface area contributed by atoms with Crippen LogP contribution in [0.4, 0.5) is 0 Å². The lowest BCUT2D eigenvalue weighted by Crippen LogP contribution is -2.49. The van der Waals surface area contributed by atoms with Gasteiger partial charge in [0.15, 0.2) is 6.10 Å². The van der Waals surface area contributed by atoms with Gasteiger partial charge in [-0.1, -0.05) is 6.92 Å². The van der Waals surface area contributed by atoms with E-state index in [0.29, 0.717) is 18.1 Å². The second-order valence-electron chi connectivity index (χ2n) is 4.04. The number of rotatable bonds is 6. The Balaban J connectivity index is 2.53. The first kappa shape index (κ1) is 15.8. The molecule has 2 N–H and O–H groups in total. The molecule has 0 aromatic heterocycles. The largest absolute Gasteiger partial charge is 0.479 e. The van der Waals surface area contributed by atoms with Crippen molar-refractivity contribution in [3.05, 3.63) is 0 Å². The third-order valence-corrected chi connectivity index (χ3v) is 3.84. The Labute approximate surface area is 115 Å². The highest BCUT2D eigenvalue weighted by Gasteiger charge is 2.34. The Morgan fingerprint density at radius 1 is 1.53 bits per heavy atom. The molecule has 0 saturated carbocycles. The van der Waals surface area contributed by atoms with E-state index >= 15 is 0 Å². The van der Waals surface area contributed by atoms with Gasteiger partial charge in [-0.15, -0.1) is 11.8 Å². The number of methoxy groups -OCH3 is 1. The van der Waals surface area contributed by atoms with Crippen molar-refractivity contribution in [1.82, 2.24) is 10.2 Å². The minimum Gasteiger partial charge on any atom is -0.479 e. The van der Waals surface area contributed by atoms with Gasteiger partial charge >= 0.3 is 5.97 Å². The summed E-state index contributed by atoms with van der Waals surface area (Å²) in [4.78, 5) is 35.9. The molecule has 0 bridgehead atoms. The standard InChI is InChI=1S/C11H18N2O5S/c1-3-9(14)13-6-19-5-7(13)10(15)12-4-8(18-2)11(16)17/h7-8H,3-6H2,1-2H3,(H,12,15)(H,16,17). The quantitative estimate of drug-likeness (QED) is 0.685. The molecule has 2 amide bonds. The van der Waals surface area contributed by atoms with Gasteiger partial charge < -0.3 is 20.1 Å². The second kappa shape index (κ2) is 7.34. The lowest BCUT2D eigenvalue weighted by atomic mass is 10.2. The molecule has 108 valence electrons. The van der Waals surface area contributed by atoms with Crippen molar-refractivity contribution in [3.8, 4) is 0 Å². The molecule has 1 heterocycles. The average molecular weight is 290 g/mol. The van der Waals surface area contributed by atoms with Gasteiger partial charge in [0, 0.05) is 19.3 Å². The van der Waals surface area contributed by atoms with Crippen LogP contribution in [0.25, 0.3) is 0 Å². The van der Waals surface area contributed by atoms with Crippen LogP contribution < -0.4 is 5.32 Å². The first-order chi connectivity index (χ1) is 9.01. The molecule has 1 fully saturated rings. The Bertz CT molecular complexity index is 363. The molecule has 0 spiro atoms. The summed E-state index contributed by atoms with van der Waals surface area (Å²) >= 11 is 1.51. The van der Waals surface area contributed by atoms with E-state index in [-0.39, 0.29) is 18.4 Å². The van der Waals surface area contributed by atoms with E-state index in [1.807, 2.05) is 0 Å². The highest BCUT2D eigenvalue weighted by Crippen LogP contribution is 2.21. The highest BCUT2D eigenvalue weighted by molar-refractivity contribution is 7.99. The Hall–Kier alpha value is -1.28. The van der Waals surface area contributed by atoms with Crippen LogP contribution in [0.15, 0.2) is 0 Å². The number of carbonyl (C=O) groups excluding carboxylic acids is 2. The predicted octanol–water partition coefficient (Wildman–Crippen LogP) is -0.486. The maximum atomic E-state index is 12.0. The van der Waals surface area contributed by atoms with Crippen molar-refractivity contribution in [3.63, 3.8) is 0 Å². The molecule has 0 radical (unpaired) electrons. The van der Waals surface area contributed by atoms with Crippen molar-refractivity contribution >= 4 is 29.5 Å². The van der Waals surface area contributed by atoms with Crippen molar-refractivity contribution in [2.75, 3.05) is 25.3 Å². The number of amides is 2. The molecule has 0 aliphatic carbocycles. The van der Waals surface area contributed by atoms with E-state index in [1.54, 1.807) is 6.92 Å². The molecular weight excluding hydrogens is 272 g/mol. The normalized spacial score (nSPS) is 20.1. The fourth-order valence-electron chi connectivity index (χ4n) is 1.69. The van der Waals surface area contributed by atoms with Gasteiger partial charge in [0.05, 0.1) is 12.4 Å². The summed E-state index contributed by atoms with van der Waals surface area (Å²) in [7, 11) is 1.27. The summed E-state index contributed by atoms with van der Waals surface area (Å²) in [5, 5.41) is 11.3. The SMILES string of the molecule is CCC(=O)N1CSCC1C(=O)NCC(OC)C(=O)O. The molecular formula is C11H18N2O5S. The molecule has 2 atom stereocenters. The number of ether oxygens (including phenoxy) is 1. The monoisotopic (exact) mass is 290 g/mol. The van der Waals surface area contributed by atoms with Crippen LogP contribution in [-0.4, -0.2) is 65.2 Å². The zero-order valence-corrected chi connectivity index (χ0v) is 11.7. The molecule has 0 aromatic rings. The number of hydrogen-bond donors (Lipinski definition) is 2. The third-order valence-electron chi connectivity index (χ3n) is 2.83. The van der Waals surface area contributed by atoms with Crippen molar-refractivity contribution in [2.24, 2.45) is 0 Å². The topological polar surface area (TPSA) is 95.9 Å². The van der Waals surface area contributed by atoms with Crippen molar-refractivity contribution < 1.29 is 24.2 Å².